The van der Waals surface area contributed by atoms with Crippen molar-refractivity contribution in [2.45, 2.75) is 23.0 Å². The molecule has 2 aromatic rings. The molecule has 0 radical (unpaired) electrons. The lowest BCUT2D eigenvalue weighted by Crippen LogP contribution is -2.15. The molecule has 1 aliphatic heterocycles. The van der Waals surface area contributed by atoms with Gasteiger partial charge in [-0.25, -0.2) is 0 Å². The summed E-state index contributed by atoms with van der Waals surface area (Å²) in [4.78, 5) is 4.41. The van der Waals surface area contributed by atoms with E-state index in [1.54, 1.807) is 11.8 Å². The number of hydrogen-bond donors (Lipinski definition) is 2. The van der Waals surface area contributed by atoms with Crippen molar-refractivity contribution in [2.75, 3.05) is 11.9 Å². The van der Waals surface area contributed by atoms with E-state index in [1.165, 1.54) is 0 Å². The SMILES string of the molecule is CN1c2ccc(CO)cc2Sc2cc(CO)ccc21. The van der Waals surface area contributed by atoms with Crippen molar-refractivity contribution in [3.05, 3.63) is 47.5 Å². The maximum absolute atomic E-state index is 9.23. The second-order valence-corrected chi connectivity index (χ2v) is 5.67. The van der Waals surface area contributed by atoms with Gasteiger partial charge >= 0.3 is 0 Å². The standard InChI is InChI=1S/C15H15NO2S/c1-16-12-4-2-10(8-17)6-14(12)19-15-7-11(9-18)3-5-13(15)16/h2-7,17-18H,8-9H2,1H3. The molecule has 1 heterocycles. The topological polar surface area (TPSA) is 43.7 Å². The number of aliphatic hydroxyl groups excluding tert-OH is 2. The van der Waals surface area contributed by atoms with Gasteiger partial charge in [-0.05, 0) is 35.4 Å². The highest BCUT2D eigenvalue weighted by Gasteiger charge is 2.20. The van der Waals surface area contributed by atoms with E-state index < -0.39 is 0 Å². The van der Waals surface area contributed by atoms with Crippen molar-refractivity contribution < 1.29 is 10.2 Å². The van der Waals surface area contributed by atoms with Gasteiger partial charge in [0.15, 0.2) is 0 Å². The monoisotopic (exact) mass is 273 g/mol. The molecule has 0 atom stereocenters. The molecule has 3 nitrogen and oxygen atoms in total. The van der Waals surface area contributed by atoms with Gasteiger partial charge in [0.1, 0.15) is 0 Å². The predicted molar refractivity (Wildman–Crippen MR) is 76.9 cm³/mol. The van der Waals surface area contributed by atoms with Crippen LogP contribution in [0.1, 0.15) is 11.1 Å². The van der Waals surface area contributed by atoms with Crippen molar-refractivity contribution in [1.29, 1.82) is 0 Å². The lowest BCUT2D eigenvalue weighted by molar-refractivity contribution is 0.281. The van der Waals surface area contributed by atoms with E-state index >= 15 is 0 Å². The third kappa shape index (κ3) is 2.12. The second-order valence-electron chi connectivity index (χ2n) is 4.58. The molecule has 0 unspecified atom stereocenters. The van der Waals surface area contributed by atoms with Gasteiger partial charge in [0.2, 0.25) is 0 Å². The summed E-state index contributed by atoms with van der Waals surface area (Å²) in [6, 6.07) is 12.0. The Morgan fingerprint density at radius 3 is 1.79 bits per heavy atom. The Labute approximate surface area is 116 Å². The Bertz CT molecular complexity index is 574. The fraction of sp³-hybridized carbons (Fsp3) is 0.200. The molecule has 0 fully saturated rings. The Morgan fingerprint density at radius 2 is 1.37 bits per heavy atom. The van der Waals surface area contributed by atoms with Crippen LogP contribution in [0.2, 0.25) is 0 Å². The average Bonchev–Trinajstić information content (AvgIpc) is 2.46. The van der Waals surface area contributed by atoms with Gasteiger partial charge in [0, 0.05) is 16.8 Å². The molecule has 2 N–H and O–H groups in total. The molecule has 1 aliphatic rings. The first-order valence-corrected chi connectivity index (χ1v) is 6.93. The molecule has 98 valence electrons. The Kier molecular flexibility index (Phi) is 3.22. The molecule has 4 heteroatoms. The normalized spacial score (nSPS) is 13.1. The maximum atomic E-state index is 9.23. The molecule has 0 saturated carbocycles. The summed E-state index contributed by atoms with van der Waals surface area (Å²) in [6.07, 6.45) is 0. The first-order chi connectivity index (χ1) is 9.22. The molecular formula is C15H15NO2S. The van der Waals surface area contributed by atoms with Gasteiger partial charge in [-0.3, -0.25) is 0 Å². The minimum absolute atomic E-state index is 0.0566. The predicted octanol–water partition coefficient (Wildman–Crippen LogP) is 2.90. The van der Waals surface area contributed by atoms with Crippen LogP contribution >= 0.6 is 11.8 Å². The van der Waals surface area contributed by atoms with Crippen molar-refractivity contribution >= 4 is 23.1 Å². The van der Waals surface area contributed by atoms with E-state index in [1.807, 2.05) is 43.4 Å². The lowest BCUT2D eigenvalue weighted by Gasteiger charge is -2.30. The molecule has 3 rings (SSSR count). The summed E-state index contributed by atoms with van der Waals surface area (Å²) < 4.78 is 0. The van der Waals surface area contributed by atoms with Crippen LogP contribution in [0.3, 0.4) is 0 Å². The summed E-state index contributed by atoms with van der Waals surface area (Å²) in [5.41, 5.74) is 4.13. The van der Waals surface area contributed by atoms with E-state index in [0.717, 1.165) is 32.3 Å². The van der Waals surface area contributed by atoms with Crippen LogP contribution in [0.15, 0.2) is 46.2 Å². The summed E-state index contributed by atoms with van der Waals surface area (Å²) in [5.74, 6) is 0. The molecule has 2 aromatic carbocycles. The minimum Gasteiger partial charge on any atom is -0.392 e. The van der Waals surface area contributed by atoms with E-state index in [9.17, 15) is 10.2 Å². The van der Waals surface area contributed by atoms with Gasteiger partial charge in [-0.2, -0.15) is 0 Å². The molecule has 0 bridgehead atoms. The minimum atomic E-state index is 0.0566. The molecular weight excluding hydrogens is 258 g/mol. The number of aliphatic hydroxyl groups is 2. The van der Waals surface area contributed by atoms with Crippen LogP contribution in [0.25, 0.3) is 0 Å². The number of anilines is 2. The highest BCUT2D eigenvalue weighted by molar-refractivity contribution is 7.99. The quantitative estimate of drug-likeness (QED) is 0.883. The fourth-order valence-electron chi connectivity index (χ4n) is 2.28. The van der Waals surface area contributed by atoms with Crippen LogP contribution in [-0.4, -0.2) is 17.3 Å². The third-order valence-corrected chi connectivity index (χ3v) is 4.45. The zero-order valence-electron chi connectivity index (χ0n) is 10.6. The number of rotatable bonds is 2. The van der Waals surface area contributed by atoms with Gasteiger partial charge in [-0.1, -0.05) is 23.9 Å². The third-order valence-electron chi connectivity index (χ3n) is 3.36. The highest BCUT2D eigenvalue weighted by Crippen LogP contribution is 2.47. The van der Waals surface area contributed by atoms with Crippen LogP contribution in [0.4, 0.5) is 11.4 Å². The highest BCUT2D eigenvalue weighted by atomic mass is 32.2. The van der Waals surface area contributed by atoms with E-state index in [0.29, 0.717) is 0 Å². The van der Waals surface area contributed by atoms with Gasteiger partial charge in [0.05, 0.1) is 24.6 Å². The van der Waals surface area contributed by atoms with Gasteiger partial charge in [-0.15, -0.1) is 0 Å². The van der Waals surface area contributed by atoms with E-state index in [2.05, 4.69) is 4.90 Å². The molecule has 0 saturated heterocycles. The molecule has 0 aromatic heterocycles. The van der Waals surface area contributed by atoms with Crippen LogP contribution in [-0.2, 0) is 13.2 Å². The van der Waals surface area contributed by atoms with Crippen LogP contribution in [0, 0.1) is 0 Å². The maximum Gasteiger partial charge on any atom is 0.0682 e. The molecule has 0 spiro atoms. The smallest absolute Gasteiger partial charge is 0.0682 e. The summed E-state index contributed by atoms with van der Waals surface area (Å²) in [7, 11) is 2.04. The Hall–Kier alpha value is -1.49. The van der Waals surface area contributed by atoms with Gasteiger partial charge in [0.25, 0.3) is 0 Å². The van der Waals surface area contributed by atoms with Crippen molar-refractivity contribution in [1.82, 2.24) is 0 Å². The van der Waals surface area contributed by atoms with Crippen molar-refractivity contribution in [3.63, 3.8) is 0 Å². The van der Waals surface area contributed by atoms with Gasteiger partial charge < -0.3 is 15.1 Å². The fourth-order valence-corrected chi connectivity index (χ4v) is 3.56. The molecule has 0 amide bonds. The average molecular weight is 273 g/mol. The number of nitrogens with zero attached hydrogens (tertiary/aromatic N) is 1. The summed E-state index contributed by atoms with van der Waals surface area (Å²) in [6.45, 7) is 0.113. The van der Waals surface area contributed by atoms with Crippen molar-refractivity contribution in [2.24, 2.45) is 0 Å². The zero-order valence-corrected chi connectivity index (χ0v) is 11.4. The van der Waals surface area contributed by atoms with E-state index in [-0.39, 0.29) is 13.2 Å². The second kappa shape index (κ2) is 4.89. The van der Waals surface area contributed by atoms with Crippen LogP contribution in [0.5, 0.6) is 0 Å². The van der Waals surface area contributed by atoms with E-state index in [4.69, 9.17) is 0 Å². The largest absolute Gasteiger partial charge is 0.392 e. The van der Waals surface area contributed by atoms with Crippen molar-refractivity contribution in [3.8, 4) is 0 Å². The first kappa shape index (κ1) is 12.5. The summed E-state index contributed by atoms with van der Waals surface area (Å²) in [5, 5.41) is 18.5. The van der Waals surface area contributed by atoms with Crippen LogP contribution < -0.4 is 4.90 Å². The first-order valence-electron chi connectivity index (χ1n) is 6.12. The lowest BCUT2D eigenvalue weighted by atomic mass is 10.1. The number of benzene rings is 2. The molecule has 0 aliphatic carbocycles. The number of fused-ring (bicyclic) bond motifs is 2. The Balaban J connectivity index is 2.08. The Morgan fingerprint density at radius 1 is 0.895 bits per heavy atom. The summed E-state index contributed by atoms with van der Waals surface area (Å²) >= 11 is 1.68. The number of hydrogen-bond acceptors (Lipinski definition) is 4. The molecule has 19 heavy (non-hydrogen) atoms. The zero-order chi connectivity index (χ0) is 13.4.